The zero-order chi connectivity index (χ0) is 12.5. The number of piperidine rings is 1. The fourth-order valence-corrected chi connectivity index (χ4v) is 2.43. The Labute approximate surface area is 105 Å². The van der Waals surface area contributed by atoms with Crippen LogP contribution in [0.4, 0.5) is 0 Å². The van der Waals surface area contributed by atoms with E-state index in [1.165, 1.54) is 0 Å². The van der Waals surface area contributed by atoms with Gasteiger partial charge in [0.25, 0.3) is 5.91 Å². The van der Waals surface area contributed by atoms with E-state index in [2.05, 4.69) is 4.98 Å². The van der Waals surface area contributed by atoms with E-state index in [1.54, 1.807) is 0 Å². The third kappa shape index (κ3) is 1.99. The van der Waals surface area contributed by atoms with Gasteiger partial charge in [0.15, 0.2) is 0 Å². The molecule has 2 heterocycles. The van der Waals surface area contributed by atoms with Crippen LogP contribution in [0, 0.1) is 0 Å². The third-order valence-electron chi connectivity index (χ3n) is 3.55. The van der Waals surface area contributed by atoms with Gasteiger partial charge in [-0.1, -0.05) is 6.07 Å². The maximum atomic E-state index is 12.3. The summed E-state index contributed by atoms with van der Waals surface area (Å²) in [6.45, 7) is 1.28. The molecule has 0 atom stereocenters. The molecule has 0 unspecified atom stereocenters. The Morgan fingerprint density at radius 1 is 1.28 bits per heavy atom. The van der Waals surface area contributed by atoms with Crippen LogP contribution in [0.3, 0.4) is 0 Å². The van der Waals surface area contributed by atoms with E-state index in [0.717, 1.165) is 10.9 Å². The Morgan fingerprint density at radius 3 is 2.83 bits per heavy atom. The van der Waals surface area contributed by atoms with Gasteiger partial charge in [-0.05, 0) is 36.4 Å². The highest BCUT2D eigenvalue weighted by molar-refractivity contribution is 5.97. The second-order valence-corrected chi connectivity index (χ2v) is 4.80. The summed E-state index contributed by atoms with van der Waals surface area (Å²) in [4.78, 5) is 17.2. The van der Waals surface area contributed by atoms with Gasteiger partial charge in [-0.25, -0.2) is 0 Å². The van der Waals surface area contributed by atoms with Crippen LogP contribution in [0.25, 0.3) is 10.9 Å². The summed E-state index contributed by atoms with van der Waals surface area (Å²) in [5.41, 5.74) is 1.69. The Bertz CT molecular complexity index is 568. The summed E-state index contributed by atoms with van der Waals surface area (Å²) >= 11 is 0. The van der Waals surface area contributed by atoms with Crippen molar-refractivity contribution in [1.82, 2.24) is 9.88 Å². The van der Waals surface area contributed by atoms with Crippen LogP contribution in [0.15, 0.2) is 30.5 Å². The highest BCUT2D eigenvalue weighted by Gasteiger charge is 2.22. The predicted octanol–water partition coefficient (Wildman–Crippen LogP) is 1.76. The number of benzene rings is 1. The summed E-state index contributed by atoms with van der Waals surface area (Å²) in [5, 5.41) is 10.6. The molecule has 2 N–H and O–H groups in total. The van der Waals surface area contributed by atoms with Crippen LogP contribution in [-0.2, 0) is 0 Å². The minimum Gasteiger partial charge on any atom is -0.393 e. The Hall–Kier alpha value is -1.81. The lowest BCUT2D eigenvalue weighted by Gasteiger charge is -2.29. The van der Waals surface area contributed by atoms with Gasteiger partial charge in [0.1, 0.15) is 0 Å². The standard InChI is InChI=1S/C14H16N2O2/c17-12-4-7-16(8-5-12)14(18)11-2-1-10-3-6-15-13(10)9-11/h1-3,6,9,12,15,17H,4-5,7-8H2. The van der Waals surface area contributed by atoms with Crippen molar-refractivity contribution >= 4 is 16.8 Å². The van der Waals surface area contributed by atoms with Crippen LogP contribution in [0.5, 0.6) is 0 Å². The van der Waals surface area contributed by atoms with Crippen LogP contribution >= 0.6 is 0 Å². The molecule has 0 saturated carbocycles. The molecular weight excluding hydrogens is 228 g/mol. The molecule has 4 heteroatoms. The average Bonchev–Trinajstić information content (AvgIpc) is 2.86. The number of nitrogens with zero attached hydrogens (tertiary/aromatic N) is 1. The lowest BCUT2D eigenvalue weighted by molar-refractivity contribution is 0.0546. The lowest BCUT2D eigenvalue weighted by atomic mass is 10.1. The summed E-state index contributed by atoms with van der Waals surface area (Å²) in [6, 6.07) is 7.70. The predicted molar refractivity (Wildman–Crippen MR) is 69.4 cm³/mol. The number of likely N-dealkylation sites (tertiary alicyclic amines) is 1. The summed E-state index contributed by atoms with van der Waals surface area (Å²) in [5.74, 6) is 0.0541. The molecule has 18 heavy (non-hydrogen) atoms. The molecule has 94 valence electrons. The quantitative estimate of drug-likeness (QED) is 0.803. The van der Waals surface area contributed by atoms with E-state index in [9.17, 15) is 9.90 Å². The summed E-state index contributed by atoms with van der Waals surface area (Å²) in [6.07, 6.45) is 2.98. The maximum absolute atomic E-state index is 12.3. The molecule has 0 spiro atoms. The van der Waals surface area contributed by atoms with Gasteiger partial charge in [0.2, 0.25) is 0 Å². The van der Waals surface area contributed by atoms with Crippen molar-refractivity contribution in [3.8, 4) is 0 Å². The first-order valence-corrected chi connectivity index (χ1v) is 6.28. The third-order valence-corrected chi connectivity index (χ3v) is 3.55. The molecule has 1 saturated heterocycles. The van der Waals surface area contributed by atoms with Gasteiger partial charge in [0, 0.05) is 30.4 Å². The second kappa shape index (κ2) is 4.46. The lowest BCUT2D eigenvalue weighted by Crippen LogP contribution is -2.40. The van der Waals surface area contributed by atoms with Crippen LogP contribution in [0.2, 0.25) is 0 Å². The topological polar surface area (TPSA) is 56.3 Å². The molecular formula is C14H16N2O2. The number of aromatic amines is 1. The maximum Gasteiger partial charge on any atom is 0.253 e. The van der Waals surface area contributed by atoms with Crippen molar-refractivity contribution in [3.63, 3.8) is 0 Å². The van der Waals surface area contributed by atoms with Crippen LogP contribution < -0.4 is 0 Å². The smallest absolute Gasteiger partial charge is 0.253 e. The van der Waals surface area contributed by atoms with Gasteiger partial charge in [-0.3, -0.25) is 4.79 Å². The molecule has 1 aliphatic rings. The Morgan fingerprint density at radius 2 is 2.06 bits per heavy atom. The minimum atomic E-state index is -0.250. The average molecular weight is 244 g/mol. The molecule has 2 aromatic rings. The van der Waals surface area contributed by atoms with Crippen molar-refractivity contribution in [2.45, 2.75) is 18.9 Å². The number of hydrogen-bond donors (Lipinski definition) is 2. The van der Waals surface area contributed by atoms with Crippen LogP contribution in [-0.4, -0.2) is 40.1 Å². The Balaban J connectivity index is 1.82. The summed E-state index contributed by atoms with van der Waals surface area (Å²) in [7, 11) is 0. The van der Waals surface area contributed by atoms with E-state index in [0.29, 0.717) is 31.5 Å². The van der Waals surface area contributed by atoms with Crippen molar-refractivity contribution in [1.29, 1.82) is 0 Å². The zero-order valence-corrected chi connectivity index (χ0v) is 10.1. The van der Waals surface area contributed by atoms with Crippen molar-refractivity contribution < 1.29 is 9.90 Å². The van der Waals surface area contributed by atoms with Gasteiger partial charge in [-0.2, -0.15) is 0 Å². The van der Waals surface area contributed by atoms with Crippen molar-refractivity contribution in [3.05, 3.63) is 36.0 Å². The normalized spacial score (nSPS) is 17.3. The van der Waals surface area contributed by atoms with E-state index < -0.39 is 0 Å². The molecule has 1 fully saturated rings. The molecule has 0 aliphatic carbocycles. The number of carbonyl (C=O) groups is 1. The van der Waals surface area contributed by atoms with Gasteiger partial charge < -0.3 is 15.0 Å². The van der Waals surface area contributed by atoms with E-state index in [-0.39, 0.29) is 12.0 Å². The minimum absolute atomic E-state index is 0.0541. The van der Waals surface area contributed by atoms with Crippen molar-refractivity contribution in [2.24, 2.45) is 0 Å². The number of carbonyl (C=O) groups excluding carboxylic acids is 1. The van der Waals surface area contributed by atoms with Crippen LogP contribution in [0.1, 0.15) is 23.2 Å². The molecule has 1 aliphatic heterocycles. The molecule has 1 amide bonds. The number of nitrogens with one attached hydrogen (secondary N) is 1. The second-order valence-electron chi connectivity index (χ2n) is 4.80. The molecule has 1 aromatic heterocycles. The monoisotopic (exact) mass is 244 g/mol. The largest absolute Gasteiger partial charge is 0.393 e. The van der Waals surface area contributed by atoms with Gasteiger partial charge >= 0.3 is 0 Å². The van der Waals surface area contributed by atoms with Gasteiger partial charge in [0.05, 0.1) is 6.10 Å². The number of H-pyrrole nitrogens is 1. The first-order valence-electron chi connectivity index (χ1n) is 6.28. The first-order chi connectivity index (χ1) is 8.74. The SMILES string of the molecule is O=C(c1ccc2cc[nH]c2c1)N1CCC(O)CC1. The number of hydrogen-bond acceptors (Lipinski definition) is 2. The fourth-order valence-electron chi connectivity index (χ4n) is 2.43. The van der Waals surface area contributed by atoms with Gasteiger partial charge in [-0.15, -0.1) is 0 Å². The number of aliphatic hydroxyl groups excluding tert-OH is 1. The highest BCUT2D eigenvalue weighted by atomic mass is 16.3. The first kappa shape index (κ1) is 11.3. The fraction of sp³-hybridized carbons (Fsp3) is 0.357. The number of amides is 1. The number of aliphatic hydroxyl groups is 1. The number of fused-ring (bicyclic) bond motifs is 1. The molecule has 3 rings (SSSR count). The Kier molecular flexibility index (Phi) is 2.80. The number of rotatable bonds is 1. The van der Waals surface area contributed by atoms with E-state index in [4.69, 9.17) is 0 Å². The number of aromatic nitrogens is 1. The molecule has 4 nitrogen and oxygen atoms in total. The molecule has 1 aromatic carbocycles. The molecule has 0 radical (unpaired) electrons. The van der Waals surface area contributed by atoms with E-state index >= 15 is 0 Å². The zero-order valence-electron chi connectivity index (χ0n) is 10.1. The summed E-state index contributed by atoms with van der Waals surface area (Å²) < 4.78 is 0. The highest BCUT2D eigenvalue weighted by Crippen LogP contribution is 2.18. The molecule has 0 bridgehead atoms. The van der Waals surface area contributed by atoms with Crippen molar-refractivity contribution in [2.75, 3.05) is 13.1 Å². The van der Waals surface area contributed by atoms with E-state index in [1.807, 2.05) is 35.4 Å².